The molecule has 0 aliphatic heterocycles. The van der Waals surface area contributed by atoms with Gasteiger partial charge >= 0.3 is 0 Å². The summed E-state index contributed by atoms with van der Waals surface area (Å²) in [5.41, 5.74) is 18.1. The van der Waals surface area contributed by atoms with Crippen molar-refractivity contribution in [1.82, 2.24) is 10.4 Å². The average Bonchev–Trinajstić information content (AvgIpc) is 2.69. The summed E-state index contributed by atoms with van der Waals surface area (Å²) in [7, 11) is 0. The quantitative estimate of drug-likeness (QED) is 0.132. The summed E-state index contributed by atoms with van der Waals surface area (Å²) in [6.07, 6.45) is 3.16. The van der Waals surface area contributed by atoms with Crippen molar-refractivity contribution in [3.8, 4) is 11.1 Å². The fraction of sp³-hybridized carbons (Fsp3) is 0.0526. The van der Waals surface area contributed by atoms with Crippen molar-refractivity contribution < 1.29 is 0 Å². The van der Waals surface area contributed by atoms with Gasteiger partial charge in [0.15, 0.2) is 5.84 Å². The summed E-state index contributed by atoms with van der Waals surface area (Å²) in [5.74, 6) is 6.37. The first-order valence-electron chi connectivity index (χ1n) is 7.87. The minimum absolute atomic E-state index is 0.318. The van der Waals surface area contributed by atoms with Gasteiger partial charge in [-0.15, -0.1) is 11.6 Å². The fourth-order valence-corrected chi connectivity index (χ4v) is 2.53. The van der Waals surface area contributed by atoms with Crippen LogP contribution < -0.4 is 22.7 Å². The second-order valence-electron chi connectivity index (χ2n) is 5.36. The molecule has 0 bridgehead atoms. The second kappa shape index (κ2) is 9.78. The van der Waals surface area contributed by atoms with E-state index in [0.717, 1.165) is 11.1 Å². The van der Waals surface area contributed by atoms with Crippen LogP contribution in [0.4, 0.5) is 17.2 Å². The molecule has 0 amide bonds. The average molecular weight is 403 g/mol. The molecule has 0 aliphatic carbocycles. The summed E-state index contributed by atoms with van der Waals surface area (Å²) >= 11 is 10.6. The van der Waals surface area contributed by atoms with Gasteiger partial charge in [0.2, 0.25) is 0 Å². The van der Waals surface area contributed by atoms with Gasteiger partial charge in [0, 0.05) is 28.9 Å². The number of aliphatic imine (C=N–C) groups is 1. The van der Waals surface area contributed by atoms with E-state index in [2.05, 4.69) is 27.0 Å². The van der Waals surface area contributed by atoms with Crippen LogP contribution in [0.15, 0.2) is 65.8 Å². The van der Waals surface area contributed by atoms with Crippen LogP contribution in [0.3, 0.4) is 0 Å². The lowest BCUT2D eigenvalue weighted by molar-refractivity contribution is 1.02. The number of hydrazine groups is 1. The molecular formula is C19H20Cl2N6. The monoisotopic (exact) mass is 402 g/mol. The van der Waals surface area contributed by atoms with Gasteiger partial charge in [-0.2, -0.15) is 0 Å². The van der Waals surface area contributed by atoms with Crippen molar-refractivity contribution in [2.45, 2.75) is 0 Å². The maximum Gasteiger partial charge on any atom is 0.151 e. The first kappa shape index (κ1) is 20.5. The number of nitrogens with two attached hydrogens (primary N) is 3. The first-order chi connectivity index (χ1) is 13.1. The Morgan fingerprint density at radius 1 is 1.00 bits per heavy atom. The predicted molar refractivity (Wildman–Crippen MR) is 115 cm³/mol. The Hall–Kier alpha value is -2.80. The number of anilines is 2. The number of aromatic nitrogens is 1. The number of rotatable bonds is 3. The van der Waals surface area contributed by atoms with Gasteiger partial charge in [0.1, 0.15) is 5.82 Å². The largest absolute Gasteiger partial charge is 0.399 e. The Morgan fingerprint density at radius 2 is 1.70 bits per heavy atom. The van der Waals surface area contributed by atoms with Gasteiger partial charge < -0.3 is 16.9 Å². The van der Waals surface area contributed by atoms with E-state index in [0.29, 0.717) is 33.6 Å². The van der Waals surface area contributed by atoms with Crippen LogP contribution in [0.5, 0.6) is 0 Å². The van der Waals surface area contributed by atoms with Crippen LogP contribution in [0.2, 0.25) is 5.02 Å². The molecule has 140 valence electrons. The summed E-state index contributed by atoms with van der Waals surface area (Å²) in [6, 6.07) is 16.5. The molecular weight excluding hydrogens is 383 g/mol. The van der Waals surface area contributed by atoms with Crippen molar-refractivity contribution in [3.63, 3.8) is 0 Å². The van der Waals surface area contributed by atoms with Gasteiger partial charge in [0.25, 0.3) is 0 Å². The third kappa shape index (κ3) is 5.34. The Kier molecular flexibility index (Phi) is 7.43. The molecule has 0 unspecified atom stereocenters. The molecule has 0 radical (unpaired) electrons. The van der Waals surface area contributed by atoms with E-state index in [1.54, 1.807) is 18.3 Å². The lowest BCUT2D eigenvalue weighted by Gasteiger charge is -2.11. The highest BCUT2D eigenvalue weighted by Crippen LogP contribution is 2.24. The van der Waals surface area contributed by atoms with E-state index in [9.17, 15) is 0 Å². The van der Waals surface area contributed by atoms with Crippen molar-refractivity contribution in [1.29, 1.82) is 0 Å². The first-order valence-corrected chi connectivity index (χ1v) is 9.00. The van der Waals surface area contributed by atoms with Crippen LogP contribution in [0.25, 0.3) is 11.1 Å². The van der Waals surface area contributed by atoms with Gasteiger partial charge in [-0.25, -0.2) is 15.8 Å². The molecule has 6 nitrogen and oxygen atoms in total. The minimum Gasteiger partial charge on any atom is -0.399 e. The highest BCUT2D eigenvalue weighted by Gasteiger charge is 2.11. The van der Waals surface area contributed by atoms with Gasteiger partial charge in [-0.3, -0.25) is 0 Å². The zero-order valence-electron chi connectivity index (χ0n) is 14.7. The van der Waals surface area contributed by atoms with Crippen molar-refractivity contribution in [2.75, 3.05) is 17.9 Å². The lowest BCUT2D eigenvalue weighted by Crippen LogP contribution is -2.31. The molecule has 7 N–H and O–H groups in total. The normalized spacial score (nSPS) is 10.7. The van der Waals surface area contributed by atoms with E-state index in [-0.39, 0.29) is 0 Å². The van der Waals surface area contributed by atoms with Crippen LogP contribution in [0.1, 0.15) is 5.56 Å². The Balaban J connectivity index is 0.00000126. The summed E-state index contributed by atoms with van der Waals surface area (Å²) < 4.78 is 0. The van der Waals surface area contributed by atoms with Crippen molar-refractivity contribution >= 4 is 46.2 Å². The standard InChI is InChI=1S/C18H17ClN6.CH3Cl/c19-13-2-1-3-15(9-13)24-18(25-22)16-8-12(10-23-17(16)21)11-4-6-14(20)7-5-11;1-2/h1-10H,20,22H2,(H2,21,23)(H,24,25);1H3. The van der Waals surface area contributed by atoms with E-state index >= 15 is 0 Å². The molecule has 0 saturated heterocycles. The molecule has 0 aliphatic rings. The number of pyridine rings is 1. The smallest absolute Gasteiger partial charge is 0.151 e. The topological polar surface area (TPSA) is 115 Å². The van der Waals surface area contributed by atoms with Gasteiger partial charge in [-0.1, -0.05) is 29.8 Å². The molecule has 0 spiro atoms. The number of halogens is 2. The highest BCUT2D eigenvalue weighted by atomic mass is 35.5. The number of nitrogens with one attached hydrogen (secondary N) is 1. The number of nitrogen functional groups attached to an aromatic ring is 2. The zero-order chi connectivity index (χ0) is 19.8. The molecule has 0 saturated carbocycles. The maximum absolute atomic E-state index is 6.02. The Bertz CT molecular complexity index is 926. The second-order valence-corrected chi connectivity index (χ2v) is 5.80. The SMILES string of the molecule is CCl.NNC(=Nc1cccc(Cl)c1)c1cc(-c2ccc(N)cc2)cnc1N. The number of alkyl halides is 1. The summed E-state index contributed by atoms with van der Waals surface area (Å²) in [5, 5.41) is 0.583. The molecule has 8 heteroatoms. The highest BCUT2D eigenvalue weighted by molar-refractivity contribution is 6.30. The minimum atomic E-state index is 0.318. The Morgan fingerprint density at radius 3 is 2.33 bits per heavy atom. The molecule has 27 heavy (non-hydrogen) atoms. The third-order valence-corrected chi connectivity index (χ3v) is 3.84. The van der Waals surface area contributed by atoms with Crippen LogP contribution >= 0.6 is 23.2 Å². The van der Waals surface area contributed by atoms with Crippen LogP contribution in [-0.2, 0) is 0 Å². The predicted octanol–water partition coefficient (Wildman–Crippen LogP) is 3.96. The van der Waals surface area contributed by atoms with Crippen LogP contribution in [0, 0.1) is 0 Å². The number of amidine groups is 1. The third-order valence-electron chi connectivity index (χ3n) is 3.60. The number of hydrogen-bond acceptors (Lipinski definition) is 5. The number of nitrogens with zero attached hydrogens (tertiary/aromatic N) is 2. The van der Waals surface area contributed by atoms with E-state index in [1.165, 1.54) is 6.38 Å². The molecule has 1 aromatic heterocycles. The molecule has 3 aromatic rings. The molecule has 1 heterocycles. The van der Waals surface area contributed by atoms with Crippen molar-refractivity contribution in [2.24, 2.45) is 10.8 Å². The Labute approximate surface area is 168 Å². The molecule has 0 atom stereocenters. The van der Waals surface area contributed by atoms with E-state index in [1.807, 2.05) is 42.5 Å². The van der Waals surface area contributed by atoms with Gasteiger partial charge in [-0.05, 0) is 42.0 Å². The fourth-order valence-electron chi connectivity index (χ4n) is 2.34. The number of hydrogen-bond donors (Lipinski definition) is 4. The van der Waals surface area contributed by atoms with E-state index < -0.39 is 0 Å². The van der Waals surface area contributed by atoms with Gasteiger partial charge in [0.05, 0.1) is 11.3 Å². The molecule has 3 rings (SSSR count). The molecule has 2 aromatic carbocycles. The van der Waals surface area contributed by atoms with Crippen molar-refractivity contribution in [3.05, 3.63) is 71.4 Å². The van der Waals surface area contributed by atoms with E-state index in [4.69, 9.17) is 28.9 Å². The molecule has 0 fully saturated rings. The maximum atomic E-state index is 6.02. The number of benzene rings is 2. The zero-order valence-corrected chi connectivity index (χ0v) is 16.2. The lowest BCUT2D eigenvalue weighted by atomic mass is 10.0. The summed E-state index contributed by atoms with van der Waals surface area (Å²) in [6.45, 7) is 0. The van der Waals surface area contributed by atoms with Crippen LogP contribution in [-0.4, -0.2) is 17.2 Å². The summed E-state index contributed by atoms with van der Waals surface area (Å²) in [4.78, 5) is 8.72.